The first-order chi connectivity index (χ1) is 6.77. The molecule has 14 heavy (non-hydrogen) atoms. The number of carbonyl (C=O) groups excluding carboxylic acids is 1. The lowest BCUT2D eigenvalue weighted by Crippen LogP contribution is -2.35. The van der Waals surface area contributed by atoms with Gasteiger partial charge in [0.1, 0.15) is 0 Å². The summed E-state index contributed by atoms with van der Waals surface area (Å²) in [5.41, 5.74) is 0. The summed E-state index contributed by atoms with van der Waals surface area (Å²) < 4.78 is 5.23. The van der Waals surface area contributed by atoms with Gasteiger partial charge in [-0.15, -0.1) is 0 Å². The Hall–Kier alpha value is -0.410. The van der Waals surface area contributed by atoms with Crippen LogP contribution in [-0.4, -0.2) is 43.0 Å². The Bertz CT molecular complexity index is 211. The normalized spacial score (nSPS) is 33.8. The molecule has 2 aliphatic heterocycles. The summed E-state index contributed by atoms with van der Waals surface area (Å²) in [6.07, 6.45) is 3.42. The second-order valence-corrected chi connectivity index (χ2v) is 4.49. The molecule has 0 spiro atoms. The third kappa shape index (κ3) is 2.15. The summed E-state index contributed by atoms with van der Waals surface area (Å²) in [5.74, 6) is 0.569. The highest BCUT2D eigenvalue weighted by molar-refractivity contribution is 5.83. The molecule has 0 aliphatic carbocycles. The van der Waals surface area contributed by atoms with Crippen molar-refractivity contribution >= 4 is 5.78 Å². The van der Waals surface area contributed by atoms with Crippen LogP contribution in [0.1, 0.15) is 26.2 Å². The van der Waals surface area contributed by atoms with Crippen molar-refractivity contribution in [1.29, 1.82) is 0 Å². The van der Waals surface area contributed by atoms with Gasteiger partial charge >= 0.3 is 0 Å². The van der Waals surface area contributed by atoms with E-state index in [4.69, 9.17) is 4.74 Å². The van der Waals surface area contributed by atoms with Gasteiger partial charge in [0.25, 0.3) is 0 Å². The molecule has 0 saturated carbocycles. The zero-order valence-corrected chi connectivity index (χ0v) is 8.87. The zero-order valence-electron chi connectivity index (χ0n) is 8.87. The van der Waals surface area contributed by atoms with Crippen molar-refractivity contribution in [2.75, 3.05) is 26.3 Å². The molecule has 0 bridgehead atoms. The lowest BCUT2D eigenvalue weighted by molar-refractivity contribution is -0.124. The van der Waals surface area contributed by atoms with Crippen LogP contribution in [0.2, 0.25) is 0 Å². The van der Waals surface area contributed by atoms with Crippen LogP contribution in [0.4, 0.5) is 0 Å². The maximum atomic E-state index is 11.8. The predicted molar refractivity (Wildman–Crippen MR) is 54.2 cm³/mol. The van der Waals surface area contributed by atoms with Gasteiger partial charge < -0.3 is 4.74 Å². The molecular formula is C11H19NO2. The van der Waals surface area contributed by atoms with E-state index in [1.807, 2.05) is 0 Å². The van der Waals surface area contributed by atoms with Gasteiger partial charge in [-0.25, -0.2) is 0 Å². The fourth-order valence-electron chi connectivity index (χ4n) is 2.35. The fourth-order valence-corrected chi connectivity index (χ4v) is 2.35. The van der Waals surface area contributed by atoms with Crippen molar-refractivity contribution in [2.45, 2.75) is 32.2 Å². The molecule has 2 fully saturated rings. The van der Waals surface area contributed by atoms with Gasteiger partial charge in [-0.2, -0.15) is 0 Å². The largest absolute Gasteiger partial charge is 0.381 e. The highest BCUT2D eigenvalue weighted by atomic mass is 16.5. The maximum Gasteiger partial charge on any atom is 0.152 e. The Morgan fingerprint density at radius 1 is 1.50 bits per heavy atom. The summed E-state index contributed by atoms with van der Waals surface area (Å²) >= 11 is 0. The highest BCUT2D eigenvalue weighted by Crippen LogP contribution is 2.19. The molecule has 0 N–H and O–H groups in total. The molecule has 80 valence electrons. The number of carbonyl (C=O) groups is 1. The van der Waals surface area contributed by atoms with E-state index >= 15 is 0 Å². The Balaban J connectivity index is 1.81. The molecule has 0 amide bonds. The molecule has 0 aromatic carbocycles. The van der Waals surface area contributed by atoms with E-state index in [-0.39, 0.29) is 5.92 Å². The van der Waals surface area contributed by atoms with Crippen molar-refractivity contribution in [3.8, 4) is 0 Å². The molecule has 2 unspecified atom stereocenters. The summed E-state index contributed by atoms with van der Waals surface area (Å²) in [5, 5.41) is 0. The van der Waals surface area contributed by atoms with E-state index in [1.165, 1.54) is 12.8 Å². The van der Waals surface area contributed by atoms with Crippen LogP contribution in [-0.2, 0) is 9.53 Å². The third-order valence-electron chi connectivity index (χ3n) is 3.43. The predicted octanol–water partition coefficient (Wildman–Crippen LogP) is 1.08. The van der Waals surface area contributed by atoms with Crippen molar-refractivity contribution < 1.29 is 9.53 Å². The zero-order chi connectivity index (χ0) is 9.97. The number of nitrogens with zero attached hydrogens (tertiary/aromatic N) is 1. The molecule has 2 aliphatic rings. The second-order valence-electron chi connectivity index (χ2n) is 4.49. The van der Waals surface area contributed by atoms with Crippen molar-refractivity contribution in [2.24, 2.45) is 5.92 Å². The van der Waals surface area contributed by atoms with Gasteiger partial charge in [0.05, 0.1) is 13.2 Å². The number of likely N-dealkylation sites (tertiary alicyclic amines) is 1. The van der Waals surface area contributed by atoms with E-state index in [0.717, 1.165) is 19.6 Å². The van der Waals surface area contributed by atoms with Gasteiger partial charge in [-0.1, -0.05) is 0 Å². The maximum absolute atomic E-state index is 11.8. The monoisotopic (exact) mass is 197 g/mol. The third-order valence-corrected chi connectivity index (χ3v) is 3.43. The van der Waals surface area contributed by atoms with Gasteiger partial charge in [-0.3, -0.25) is 9.69 Å². The quantitative estimate of drug-likeness (QED) is 0.678. The number of ether oxygens (including phenoxy) is 1. The average Bonchev–Trinajstić information content (AvgIpc) is 2.77. The molecule has 0 aromatic heterocycles. The molecular weight excluding hydrogens is 178 g/mol. The lowest BCUT2D eigenvalue weighted by Gasteiger charge is -2.21. The van der Waals surface area contributed by atoms with Gasteiger partial charge in [0.2, 0.25) is 0 Å². The number of hydrogen-bond acceptors (Lipinski definition) is 3. The number of hydrogen-bond donors (Lipinski definition) is 0. The van der Waals surface area contributed by atoms with Crippen LogP contribution in [0.25, 0.3) is 0 Å². The minimum atomic E-state index is 0.183. The molecule has 0 aromatic rings. The molecule has 2 atom stereocenters. The van der Waals surface area contributed by atoms with Gasteiger partial charge in [-0.05, 0) is 32.7 Å². The number of ketones is 1. The van der Waals surface area contributed by atoms with E-state index < -0.39 is 0 Å². The van der Waals surface area contributed by atoms with Crippen molar-refractivity contribution in [1.82, 2.24) is 4.90 Å². The van der Waals surface area contributed by atoms with Crippen LogP contribution in [0.5, 0.6) is 0 Å². The Morgan fingerprint density at radius 2 is 2.36 bits per heavy atom. The molecule has 3 nitrogen and oxygen atoms in total. The number of rotatable bonds is 3. The lowest BCUT2D eigenvalue weighted by atomic mass is 10.0. The average molecular weight is 197 g/mol. The minimum absolute atomic E-state index is 0.183. The standard InChI is InChI=1S/C11H19NO2/c1-9-3-2-5-12(9)7-11(13)10-4-6-14-8-10/h9-10H,2-8H2,1H3. The van der Waals surface area contributed by atoms with Crippen LogP contribution < -0.4 is 0 Å². The van der Waals surface area contributed by atoms with E-state index in [0.29, 0.717) is 25.0 Å². The topological polar surface area (TPSA) is 29.5 Å². The summed E-state index contributed by atoms with van der Waals surface area (Å²) in [6, 6.07) is 0.598. The van der Waals surface area contributed by atoms with E-state index in [1.54, 1.807) is 0 Å². The molecule has 0 radical (unpaired) electrons. The van der Waals surface area contributed by atoms with Gasteiger partial charge in [0.15, 0.2) is 5.78 Å². The smallest absolute Gasteiger partial charge is 0.152 e. The number of Topliss-reactive ketones (excluding diaryl/α,β-unsaturated/α-hetero) is 1. The first kappa shape index (κ1) is 10.1. The fraction of sp³-hybridized carbons (Fsp3) is 0.909. The second kappa shape index (κ2) is 4.41. The van der Waals surface area contributed by atoms with E-state index in [2.05, 4.69) is 11.8 Å². The van der Waals surface area contributed by atoms with Gasteiger partial charge in [0, 0.05) is 18.6 Å². The summed E-state index contributed by atoms with van der Waals surface area (Å²) in [7, 11) is 0. The SMILES string of the molecule is CC1CCCN1CC(=O)C1CCOC1. The Morgan fingerprint density at radius 3 is 2.93 bits per heavy atom. The highest BCUT2D eigenvalue weighted by Gasteiger charge is 2.28. The van der Waals surface area contributed by atoms with Crippen LogP contribution in [0, 0.1) is 5.92 Å². The molecule has 2 rings (SSSR count). The summed E-state index contributed by atoms with van der Waals surface area (Å²) in [4.78, 5) is 14.1. The van der Waals surface area contributed by atoms with Crippen LogP contribution in [0.15, 0.2) is 0 Å². The Labute approximate surface area is 85.4 Å². The van der Waals surface area contributed by atoms with Crippen LogP contribution >= 0.6 is 0 Å². The summed E-state index contributed by atoms with van der Waals surface area (Å²) in [6.45, 7) is 5.38. The Kier molecular flexibility index (Phi) is 3.19. The van der Waals surface area contributed by atoms with Crippen molar-refractivity contribution in [3.63, 3.8) is 0 Å². The molecule has 3 heteroatoms. The van der Waals surface area contributed by atoms with E-state index in [9.17, 15) is 4.79 Å². The minimum Gasteiger partial charge on any atom is -0.381 e. The first-order valence-corrected chi connectivity index (χ1v) is 5.62. The first-order valence-electron chi connectivity index (χ1n) is 5.62. The molecule has 2 saturated heterocycles. The molecule has 2 heterocycles. The van der Waals surface area contributed by atoms with Crippen LogP contribution in [0.3, 0.4) is 0 Å². The van der Waals surface area contributed by atoms with Crippen molar-refractivity contribution in [3.05, 3.63) is 0 Å².